The highest BCUT2D eigenvalue weighted by atomic mass is 16.5. The van der Waals surface area contributed by atoms with E-state index in [1.807, 2.05) is 41.8 Å². The zero-order valence-electron chi connectivity index (χ0n) is 16.3. The minimum Gasteiger partial charge on any atom is -0.460 e. The number of aromatic nitrogens is 1. The van der Waals surface area contributed by atoms with Crippen molar-refractivity contribution in [1.82, 2.24) is 14.8 Å². The Balaban J connectivity index is 1.43. The van der Waals surface area contributed by atoms with Crippen LogP contribution >= 0.6 is 0 Å². The number of hydrogen-bond donors (Lipinski definition) is 1. The number of carbonyl (C=O) groups is 1. The molecular formula is C22H27N3O3. The van der Waals surface area contributed by atoms with Crippen LogP contribution in [-0.4, -0.2) is 54.8 Å². The van der Waals surface area contributed by atoms with E-state index in [2.05, 4.69) is 22.3 Å². The summed E-state index contributed by atoms with van der Waals surface area (Å²) in [5, 5.41) is 3.07. The third-order valence-corrected chi connectivity index (χ3v) is 5.17. The number of fused-ring (bicyclic) bond motifs is 1. The molecule has 0 bridgehead atoms. The number of nitrogens with zero attached hydrogens (tertiary/aromatic N) is 2. The average molecular weight is 381 g/mol. The minimum atomic E-state index is -0.0537. The van der Waals surface area contributed by atoms with E-state index in [0.717, 1.165) is 61.7 Å². The van der Waals surface area contributed by atoms with Crippen molar-refractivity contribution < 1.29 is 13.9 Å². The second-order valence-electron chi connectivity index (χ2n) is 7.27. The number of nitrogens with one attached hydrogen (secondary N) is 1. The SMILES string of the molecule is Cc1cc2c(cc(C(=O)NCCCN3CCOCC3)n2Cc2ccccc2)o1. The highest BCUT2D eigenvalue weighted by Gasteiger charge is 2.18. The molecule has 0 spiro atoms. The summed E-state index contributed by atoms with van der Waals surface area (Å²) in [5.41, 5.74) is 3.51. The van der Waals surface area contributed by atoms with Gasteiger partial charge in [0.15, 0.2) is 5.58 Å². The summed E-state index contributed by atoms with van der Waals surface area (Å²) in [4.78, 5) is 15.2. The molecule has 0 saturated carbocycles. The Kier molecular flexibility index (Phi) is 5.78. The van der Waals surface area contributed by atoms with E-state index in [4.69, 9.17) is 9.15 Å². The van der Waals surface area contributed by atoms with Gasteiger partial charge in [-0.2, -0.15) is 0 Å². The van der Waals surface area contributed by atoms with Crippen molar-refractivity contribution in [2.75, 3.05) is 39.4 Å². The van der Waals surface area contributed by atoms with Crippen LogP contribution in [0.1, 0.15) is 28.2 Å². The second kappa shape index (κ2) is 8.63. The van der Waals surface area contributed by atoms with Gasteiger partial charge in [-0.15, -0.1) is 0 Å². The molecule has 1 aliphatic heterocycles. The Morgan fingerprint density at radius 3 is 2.71 bits per heavy atom. The predicted octanol–water partition coefficient (Wildman–Crippen LogP) is 3.04. The third-order valence-electron chi connectivity index (χ3n) is 5.17. The highest BCUT2D eigenvalue weighted by molar-refractivity contribution is 5.97. The number of rotatable bonds is 7. The first-order valence-electron chi connectivity index (χ1n) is 9.92. The number of furan rings is 1. The molecule has 6 nitrogen and oxygen atoms in total. The average Bonchev–Trinajstić information content (AvgIpc) is 3.24. The van der Waals surface area contributed by atoms with Crippen molar-refractivity contribution in [3.8, 4) is 0 Å². The molecule has 0 radical (unpaired) electrons. The van der Waals surface area contributed by atoms with Crippen LogP contribution in [0.2, 0.25) is 0 Å². The van der Waals surface area contributed by atoms with Crippen molar-refractivity contribution in [3.63, 3.8) is 0 Å². The Hall–Kier alpha value is -2.57. The summed E-state index contributed by atoms with van der Waals surface area (Å²) in [7, 11) is 0. The fraction of sp³-hybridized carbons (Fsp3) is 0.409. The van der Waals surface area contributed by atoms with Gasteiger partial charge in [0.2, 0.25) is 0 Å². The van der Waals surface area contributed by atoms with Gasteiger partial charge in [-0.05, 0) is 25.5 Å². The van der Waals surface area contributed by atoms with E-state index in [-0.39, 0.29) is 5.91 Å². The van der Waals surface area contributed by atoms with Gasteiger partial charge in [-0.25, -0.2) is 0 Å². The lowest BCUT2D eigenvalue weighted by molar-refractivity contribution is 0.0374. The van der Waals surface area contributed by atoms with E-state index in [1.165, 1.54) is 0 Å². The second-order valence-corrected chi connectivity index (χ2v) is 7.27. The standard InChI is InChI=1S/C22H27N3O3/c1-17-14-19-21(28-17)15-20(25(19)16-18-6-3-2-4-7-18)22(26)23-8-5-9-24-10-12-27-13-11-24/h2-4,6-7,14-15H,5,8-13,16H2,1H3,(H,23,26). The summed E-state index contributed by atoms with van der Waals surface area (Å²) < 4.78 is 13.2. The maximum Gasteiger partial charge on any atom is 0.268 e. The molecule has 0 aliphatic carbocycles. The molecular weight excluding hydrogens is 354 g/mol. The van der Waals surface area contributed by atoms with Crippen molar-refractivity contribution >= 4 is 17.0 Å². The minimum absolute atomic E-state index is 0.0537. The monoisotopic (exact) mass is 381 g/mol. The van der Waals surface area contributed by atoms with Gasteiger partial charge in [0.05, 0.1) is 18.7 Å². The molecule has 148 valence electrons. The molecule has 1 amide bonds. The van der Waals surface area contributed by atoms with Gasteiger partial charge in [-0.1, -0.05) is 30.3 Å². The summed E-state index contributed by atoms with van der Waals surface area (Å²) >= 11 is 0. The van der Waals surface area contributed by atoms with Crippen LogP contribution < -0.4 is 5.32 Å². The van der Waals surface area contributed by atoms with E-state index in [0.29, 0.717) is 18.8 Å². The first-order chi connectivity index (χ1) is 13.7. The molecule has 4 rings (SSSR count). The Bertz CT molecular complexity index is 923. The fourth-order valence-corrected chi connectivity index (χ4v) is 3.71. The lowest BCUT2D eigenvalue weighted by Crippen LogP contribution is -2.38. The number of aryl methyl sites for hydroxylation is 1. The molecule has 0 atom stereocenters. The predicted molar refractivity (Wildman–Crippen MR) is 109 cm³/mol. The summed E-state index contributed by atoms with van der Waals surface area (Å²) in [6.07, 6.45) is 0.931. The maximum atomic E-state index is 12.9. The van der Waals surface area contributed by atoms with Gasteiger partial charge >= 0.3 is 0 Å². The van der Waals surface area contributed by atoms with Crippen LogP contribution in [0.25, 0.3) is 11.1 Å². The summed E-state index contributed by atoms with van der Waals surface area (Å²) in [6, 6.07) is 14.0. The van der Waals surface area contributed by atoms with Crippen molar-refractivity contribution in [2.45, 2.75) is 19.9 Å². The van der Waals surface area contributed by atoms with E-state index < -0.39 is 0 Å². The Morgan fingerprint density at radius 1 is 1.14 bits per heavy atom. The zero-order valence-corrected chi connectivity index (χ0v) is 16.3. The normalized spacial score (nSPS) is 15.2. The highest BCUT2D eigenvalue weighted by Crippen LogP contribution is 2.25. The number of ether oxygens (including phenoxy) is 1. The summed E-state index contributed by atoms with van der Waals surface area (Å²) in [6.45, 7) is 7.77. The van der Waals surface area contributed by atoms with Crippen molar-refractivity contribution in [1.29, 1.82) is 0 Å². The topological polar surface area (TPSA) is 59.6 Å². The number of amides is 1. The van der Waals surface area contributed by atoms with Gasteiger partial charge in [0.1, 0.15) is 11.5 Å². The van der Waals surface area contributed by atoms with Gasteiger partial charge in [0, 0.05) is 38.3 Å². The van der Waals surface area contributed by atoms with Gasteiger partial charge < -0.3 is 19.0 Å². The largest absolute Gasteiger partial charge is 0.460 e. The number of hydrogen-bond acceptors (Lipinski definition) is 4. The molecule has 3 heterocycles. The van der Waals surface area contributed by atoms with Crippen molar-refractivity contribution in [3.05, 3.63) is 59.5 Å². The molecule has 28 heavy (non-hydrogen) atoms. The number of benzene rings is 1. The van der Waals surface area contributed by atoms with E-state index >= 15 is 0 Å². The van der Waals surface area contributed by atoms with Crippen LogP contribution in [0.3, 0.4) is 0 Å². The lowest BCUT2D eigenvalue weighted by atomic mass is 10.2. The van der Waals surface area contributed by atoms with Gasteiger partial charge in [-0.3, -0.25) is 9.69 Å². The Labute approximate surface area is 165 Å². The van der Waals surface area contributed by atoms with Crippen molar-refractivity contribution in [2.24, 2.45) is 0 Å². The first kappa shape index (κ1) is 18.8. The quantitative estimate of drug-likeness (QED) is 0.639. The lowest BCUT2D eigenvalue weighted by Gasteiger charge is -2.26. The Morgan fingerprint density at radius 2 is 1.93 bits per heavy atom. The molecule has 1 fully saturated rings. The molecule has 6 heteroatoms. The molecule has 1 aliphatic rings. The zero-order chi connectivity index (χ0) is 19.3. The maximum absolute atomic E-state index is 12.9. The van der Waals surface area contributed by atoms with Gasteiger partial charge in [0.25, 0.3) is 5.91 Å². The van der Waals surface area contributed by atoms with E-state index in [9.17, 15) is 4.79 Å². The van der Waals surface area contributed by atoms with Crippen LogP contribution in [0.15, 0.2) is 46.9 Å². The molecule has 1 aromatic carbocycles. The van der Waals surface area contributed by atoms with Crippen LogP contribution in [0, 0.1) is 6.92 Å². The van der Waals surface area contributed by atoms with Crippen LogP contribution in [-0.2, 0) is 11.3 Å². The van der Waals surface area contributed by atoms with E-state index in [1.54, 1.807) is 0 Å². The number of carbonyl (C=O) groups excluding carboxylic acids is 1. The third kappa shape index (κ3) is 4.29. The fourth-order valence-electron chi connectivity index (χ4n) is 3.71. The number of morpholine rings is 1. The molecule has 0 unspecified atom stereocenters. The van der Waals surface area contributed by atoms with Crippen LogP contribution in [0.5, 0.6) is 0 Å². The molecule has 1 saturated heterocycles. The summed E-state index contributed by atoms with van der Waals surface area (Å²) in [5.74, 6) is 0.797. The first-order valence-corrected chi connectivity index (χ1v) is 9.92. The molecule has 1 N–H and O–H groups in total. The van der Waals surface area contributed by atoms with Crippen LogP contribution in [0.4, 0.5) is 0 Å². The molecule has 2 aromatic heterocycles. The molecule has 3 aromatic rings. The smallest absolute Gasteiger partial charge is 0.268 e.